The van der Waals surface area contributed by atoms with Crippen LogP contribution < -0.4 is 5.69 Å². The Morgan fingerprint density at radius 3 is 2.58 bits per heavy atom. The molecule has 0 unspecified atom stereocenters. The van der Waals surface area contributed by atoms with Crippen molar-refractivity contribution in [3.63, 3.8) is 0 Å². The van der Waals surface area contributed by atoms with Gasteiger partial charge in [0, 0.05) is 25.7 Å². The van der Waals surface area contributed by atoms with Crippen LogP contribution in [0.15, 0.2) is 53.3 Å². The molecule has 1 N–H and O–H groups in total. The van der Waals surface area contributed by atoms with Crippen LogP contribution >= 0.6 is 0 Å². The predicted octanol–water partition coefficient (Wildman–Crippen LogP) is 2.96. The number of hydrogen-bond donors (Lipinski definition) is 1. The molecule has 1 saturated heterocycles. The van der Waals surface area contributed by atoms with Gasteiger partial charge in [0.2, 0.25) is 0 Å². The summed E-state index contributed by atoms with van der Waals surface area (Å²) in [7, 11) is 1.72. The molecule has 0 spiro atoms. The number of imidazole rings is 1. The van der Waals surface area contributed by atoms with Gasteiger partial charge in [-0.2, -0.15) is 0 Å². The van der Waals surface area contributed by atoms with Crippen molar-refractivity contribution >= 4 is 16.9 Å². The number of hydrogen-bond acceptors (Lipinski definition) is 2. The van der Waals surface area contributed by atoms with E-state index in [1.807, 2.05) is 23.1 Å². The molecule has 1 aliphatic heterocycles. The molecule has 2 heterocycles. The molecule has 26 heavy (non-hydrogen) atoms. The minimum atomic E-state index is -0.161. The van der Waals surface area contributed by atoms with Crippen molar-refractivity contribution < 1.29 is 4.79 Å². The zero-order valence-corrected chi connectivity index (χ0v) is 14.9. The Labute approximate surface area is 152 Å². The van der Waals surface area contributed by atoms with E-state index >= 15 is 0 Å². The lowest BCUT2D eigenvalue weighted by molar-refractivity contribution is 0.0690. The Hall–Kier alpha value is -2.82. The molecule has 1 amide bonds. The summed E-state index contributed by atoms with van der Waals surface area (Å²) in [6.45, 7) is 1.58. The van der Waals surface area contributed by atoms with Crippen LogP contribution in [0, 0.1) is 5.92 Å². The summed E-state index contributed by atoms with van der Waals surface area (Å²) in [6.07, 6.45) is 3.15. The van der Waals surface area contributed by atoms with E-state index in [9.17, 15) is 9.59 Å². The molecule has 4 rings (SSSR count). The van der Waals surface area contributed by atoms with Crippen molar-refractivity contribution in [1.29, 1.82) is 0 Å². The number of likely N-dealkylation sites (tertiary alicyclic amines) is 1. The fraction of sp³-hybridized carbons (Fsp3) is 0.333. The number of aryl methyl sites for hydroxylation is 1. The van der Waals surface area contributed by atoms with Crippen LogP contribution in [0.1, 0.15) is 28.8 Å². The second-order valence-electron chi connectivity index (χ2n) is 7.15. The number of piperidine rings is 1. The molecule has 3 aromatic rings. The van der Waals surface area contributed by atoms with Gasteiger partial charge in [0.1, 0.15) is 0 Å². The van der Waals surface area contributed by atoms with E-state index in [1.54, 1.807) is 17.7 Å². The Morgan fingerprint density at radius 2 is 1.85 bits per heavy atom. The molecular weight excluding hydrogens is 326 g/mol. The van der Waals surface area contributed by atoms with Gasteiger partial charge in [-0.3, -0.25) is 9.36 Å². The second-order valence-corrected chi connectivity index (χ2v) is 7.15. The largest absolute Gasteiger partial charge is 0.339 e. The smallest absolute Gasteiger partial charge is 0.326 e. The van der Waals surface area contributed by atoms with Gasteiger partial charge in [0.25, 0.3) is 5.91 Å². The van der Waals surface area contributed by atoms with Crippen molar-refractivity contribution in [2.24, 2.45) is 13.0 Å². The van der Waals surface area contributed by atoms with E-state index < -0.39 is 0 Å². The lowest BCUT2D eigenvalue weighted by atomic mass is 9.90. The number of aromatic amines is 1. The van der Waals surface area contributed by atoms with Gasteiger partial charge >= 0.3 is 5.69 Å². The normalized spacial score (nSPS) is 15.5. The third kappa shape index (κ3) is 3.17. The molecule has 0 bridgehead atoms. The van der Waals surface area contributed by atoms with Gasteiger partial charge in [0.15, 0.2) is 0 Å². The number of benzene rings is 2. The molecular formula is C21H23N3O2. The highest BCUT2D eigenvalue weighted by Crippen LogP contribution is 2.23. The van der Waals surface area contributed by atoms with E-state index in [-0.39, 0.29) is 11.6 Å². The van der Waals surface area contributed by atoms with Gasteiger partial charge < -0.3 is 9.88 Å². The standard InChI is InChI=1S/C21H23N3O2/c1-23-19-8-7-17(14-18(19)22-21(23)26)20(25)24-11-9-16(10-12-24)13-15-5-3-2-4-6-15/h2-8,14,16H,9-13H2,1H3,(H,22,26). The van der Waals surface area contributed by atoms with Gasteiger partial charge in [-0.05, 0) is 48.9 Å². The average molecular weight is 349 g/mol. The summed E-state index contributed by atoms with van der Waals surface area (Å²) in [5.74, 6) is 0.684. The molecule has 1 aromatic heterocycles. The SMILES string of the molecule is Cn1c(=O)[nH]c2cc(C(=O)N3CCC(Cc4ccccc4)CC3)ccc21. The van der Waals surface area contributed by atoms with Gasteiger partial charge in [-0.1, -0.05) is 30.3 Å². The van der Waals surface area contributed by atoms with E-state index in [0.29, 0.717) is 17.0 Å². The van der Waals surface area contributed by atoms with E-state index in [4.69, 9.17) is 0 Å². The monoisotopic (exact) mass is 349 g/mol. The van der Waals surface area contributed by atoms with Gasteiger partial charge in [-0.15, -0.1) is 0 Å². The maximum Gasteiger partial charge on any atom is 0.326 e. The Morgan fingerprint density at radius 1 is 1.12 bits per heavy atom. The Balaban J connectivity index is 1.42. The zero-order chi connectivity index (χ0) is 18.1. The predicted molar refractivity (Wildman–Crippen MR) is 102 cm³/mol. The highest BCUT2D eigenvalue weighted by atomic mass is 16.2. The number of nitrogens with one attached hydrogen (secondary N) is 1. The van der Waals surface area contributed by atoms with Crippen LogP contribution in [0.4, 0.5) is 0 Å². The third-order valence-electron chi connectivity index (χ3n) is 5.42. The molecule has 0 radical (unpaired) electrons. The molecule has 0 atom stereocenters. The number of amides is 1. The fourth-order valence-electron chi connectivity index (χ4n) is 3.84. The van der Waals surface area contributed by atoms with Crippen molar-refractivity contribution in [3.8, 4) is 0 Å². The van der Waals surface area contributed by atoms with Crippen LogP contribution in [0.5, 0.6) is 0 Å². The van der Waals surface area contributed by atoms with E-state index in [0.717, 1.165) is 37.9 Å². The summed E-state index contributed by atoms with van der Waals surface area (Å²) in [4.78, 5) is 29.3. The highest BCUT2D eigenvalue weighted by Gasteiger charge is 2.24. The van der Waals surface area contributed by atoms with Crippen molar-refractivity contribution in [2.45, 2.75) is 19.3 Å². The molecule has 1 aliphatic rings. The van der Waals surface area contributed by atoms with Crippen molar-refractivity contribution in [2.75, 3.05) is 13.1 Å². The van der Waals surface area contributed by atoms with Crippen LogP contribution in [0.25, 0.3) is 11.0 Å². The number of carbonyl (C=O) groups is 1. The van der Waals surface area contributed by atoms with Gasteiger partial charge in [-0.25, -0.2) is 4.79 Å². The Kier molecular flexibility index (Phi) is 4.37. The first-order chi connectivity index (χ1) is 12.6. The first kappa shape index (κ1) is 16.6. The minimum absolute atomic E-state index is 0.0507. The number of rotatable bonds is 3. The number of fused-ring (bicyclic) bond motifs is 1. The molecule has 0 saturated carbocycles. The van der Waals surface area contributed by atoms with Gasteiger partial charge in [0.05, 0.1) is 11.0 Å². The maximum absolute atomic E-state index is 12.8. The summed E-state index contributed by atoms with van der Waals surface area (Å²) in [5.41, 5.74) is 3.37. The molecule has 5 heteroatoms. The summed E-state index contributed by atoms with van der Waals surface area (Å²) in [5, 5.41) is 0. The van der Waals surface area contributed by atoms with E-state index in [2.05, 4.69) is 29.2 Å². The molecule has 1 fully saturated rings. The Bertz CT molecular complexity index is 979. The van der Waals surface area contributed by atoms with Crippen molar-refractivity contribution in [3.05, 3.63) is 70.1 Å². The first-order valence-corrected chi connectivity index (χ1v) is 9.14. The van der Waals surface area contributed by atoms with Crippen LogP contribution in [-0.2, 0) is 13.5 Å². The molecule has 2 aromatic carbocycles. The highest BCUT2D eigenvalue weighted by molar-refractivity contribution is 5.97. The molecule has 0 aliphatic carbocycles. The lowest BCUT2D eigenvalue weighted by Gasteiger charge is -2.32. The summed E-state index contributed by atoms with van der Waals surface area (Å²) in [6, 6.07) is 16.0. The minimum Gasteiger partial charge on any atom is -0.339 e. The van der Waals surface area contributed by atoms with Crippen LogP contribution in [0.2, 0.25) is 0 Å². The number of aromatic nitrogens is 2. The third-order valence-corrected chi connectivity index (χ3v) is 5.42. The first-order valence-electron chi connectivity index (χ1n) is 9.14. The maximum atomic E-state index is 12.8. The number of H-pyrrole nitrogens is 1. The topological polar surface area (TPSA) is 58.1 Å². The quantitative estimate of drug-likeness (QED) is 0.790. The number of carbonyl (C=O) groups excluding carboxylic acids is 1. The average Bonchev–Trinajstić information content (AvgIpc) is 2.96. The summed E-state index contributed by atoms with van der Waals surface area (Å²) < 4.78 is 1.55. The summed E-state index contributed by atoms with van der Waals surface area (Å²) >= 11 is 0. The zero-order valence-electron chi connectivity index (χ0n) is 14.9. The van der Waals surface area contributed by atoms with E-state index in [1.165, 1.54) is 5.56 Å². The molecule has 134 valence electrons. The molecule has 5 nitrogen and oxygen atoms in total. The fourth-order valence-corrected chi connectivity index (χ4v) is 3.84. The van der Waals surface area contributed by atoms with Crippen molar-refractivity contribution in [1.82, 2.24) is 14.5 Å². The second kappa shape index (κ2) is 6.83. The number of nitrogens with zero attached hydrogens (tertiary/aromatic N) is 2. The van der Waals surface area contributed by atoms with Crippen LogP contribution in [0.3, 0.4) is 0 Å². The van der Waals surface area contributed by atoms with Crippen LogP contribution in [-0.4, -0.2) is 33.4 Å². The lowest BCUT2D eigenvalue weighted by Crippen LogP contribution is -2.38.